The molecule has 0 aliphatic carbocycles. The lowest BCUT2D eigenvalue weighted by molar-refractivity contribution is -0.146. The van der Waals surface area contributed by atoms with Crippen molar-refractivity contribution in [2.75, 3.05) is 20.8 Å². The molecule has 0 aliphatic rings. The van der Waals surface area contributed by atoms with Crippen LogP contribution in [0.3, 0.4) is 0 Å². The van der Waals surface area contributed by atoms with Crippen molar-refractivity contribution in [1.82, 2.24) is 0 Å². The predicted molar refractivity (Wildman–Crippen MR) is 75.8 cm³/mol. The zero-order valence-electron chi connectivity index (χ0n) is 12.6. The Hall–Kier alpha value is -1.91. The van der Waals surface area contributed by atoms with Crippen LogP contribution in [0.15, 0.2) is 12.1 Å². The highest BCUT2D eigenvalue weighted by molar-refractivity contribution is 5.74. The molecule has 112 valence electrons. The Balaban J connectivity index is 3.23. The smallest absolute Gasteiger partial charge is 0.309 e. The van der Waals surface area contributed by atoms with Gasteiger partial charge in [-0.15, -0.1) is 0 Å². The molecule has 0 saturated carbocycles. The van der Waals surface area contributed by atoms with Crippen molar-refractivity contribution in [3.05, 3.63) is 17.7 Å². The summed E-state index contributed by atoms with van der Waals surface area (Å²) in [6, 6.07) is 3.50. The Morgan fingerprint density at radius 2 is 1.75 bits per heavy atom. The summed E-state index contributed by atoms with van der Waals surface area (Å²) in [5.74, 6) is 0.903. The van der Waals surface area contributed by atoms with Gasteiger partial charge < -0.3 is 19.3 Å². The number of carboxylic acid groups (broad SMARTS) is 1. The standard InChI is InChI=1S/C15H22O5/c1-6-20-13-7-10(9-15(2,3)14(16)17)11(18-4)8-12(13)19-5/h7-8H,6,9H2,1-5H3,(H,16,17). The van der Waals surface area contributed by atoms with Crippen LogP contribution < -0.4 is 14.2 Å². The number of carbonyl (C=O) groups is 1. The number of aliphatic carboxylic acids is 1. The lowest BCUT2D eigenvalue weighted by Gasteiger charge is -2.22. The summed E-state index contributed by atoms with van der Waals surface area (Å²) in [6.07, 6.45) is 0.343. The summed E-state index contributed by atoms with van der Waals surface area (Å²) in [6.45, 7) is 5.74. The van der Waals surface area contributed by atoms with E-state index in [1.54, 1.807) is 40.2 Å². The summed E-state index contributed by atoms with van der Waals surface area (Å²) in [5, 5.41) is 9.24. The van der Waals surface area contributed by atoms with E-state index < -0.39 is 11.4 Å². The highest BCUT2D eigenvalue weighted by atomic mass is 16.5. The molecular weight excluding hydrogens is 260 g/mol. The highest BCUT2D eigenvalue weighted by Gasteiger charge is 2.29. The number of hydrogen-bond acceptors (Lipinski definition) is 4. The van der Waals surface area contributed by atoms with E-state index in [1.165, 1.54) is 0 Å². The van der Waals surface area contributed by atoms with Crippen LogP contribution in [0, 0.1) is 5.41 Å². The van der Waals surface area contributed by atoms with Crippen LogP contribution in [0.5, 0.6) is 17.2 Å². The normalized spacial score (nSPS) is 11.1. The number of benzene rings is 1. The van der Waals surface area contributed by atoms with Gasteiger partial charge in [0, 0.05) is 6.07 Å². The molecule has 1 rings (SSSR count). The van der Waals surface area contributed by atoms with Crippen LogP contribution in [0.2, 0.25) is 0 Å². The fourth-order valence-corrected chi connectivity index (χ4v) is 1.89. The third-order valence-corrected chi connectivity index (χ3v) is 3.08. The topological polar surface area (TPSA) is 65.0 Å². The van der Waals surface area contributed by atoms with Crippen molar-refractivity contribution < 1.29 is 24.1 Å². The number of methoxy groups -OCH3 is 2. The van der Waals surface area contributed by atoms with Gasteiger partial charge in [0.05, 0.1) is 26.2 Å². The first kappa shape index (κ1) is 16.1. The maximum absolute atomic E-state index is 11.3. The average Bonchev–Trinajstić information content (AvgIpc) is 2.39. The van der Waals surface area contributed by atoms with E-state index in [9.17, 15) is 9.90 Å². The molecule has 0 fully saturated rings. The molecular formula is C15H22O5. The molecule has 20 heavy (non-hydrogen) atoms. The lowest BCUT2D eigenvalue weighted by atomic mass is 9.85. The van der Waals surface area contributed by atoms with Gasteiger partial charge in [0.15, 0.2) is 11.5 Å². The summed E-state index contributed by atoms with van der Waals surface area (Å²) in [4.78, 5) is 11.3. The predicted octanol–water partition coefficient (Wildman–Crippen LogP) is 2.76. The summed E-state index contributed by atoms with van der Waals surface area (Å²) >= 11 is 0. The minimum absolute atomic E-state index is 0.343. The number of hydrogen-bond donors (Lipinski definition) is 1. The van der Waals surface area contributed by atoms with E-state index in [2.05, 4.69) is 0 Å². The van der Waals surface area contributed by atoms with Gasteiger partial charge in [0.25, 0.3) is 0 Å². The lowest BCUT2D eigenvalue weighted by Crippen LogP contribution is -2.26. The zero-order valence-corrected chi connectivity index (χ0v) is 12.6. The van der Waals surface area contributed by atoms with Crippen molar-refractivity contribution in [3.63, 3.8) is 0 Å². The van der Waals surface area contributed by atoms with Crippen molar-refractivity contribution in [1.29, 1.82) is 0 Å². The summed E-state index contributed by atoms with van der Waals surface area (Å²) in [5.41, 5.74) is -0.102. The first-order valence-electron chi connectivity index (χ1n) is 6.46. The molecule has 0 bridgehead atoms. The van der Waals surface area contributed by atoms with Crippen LogP contribution in [-0.2, 0) is 11.2 Å². The van der Waals surface area contributed by atoms with E-state index in [-0.39, 0.29) is 0 Å². The molecule has 5 nitrogen and oxygen atoms in total. The van der Waals surface area contributed by atoms with E-state index in [0.29, 0.717) is 30.3 Å². The molecule has 1 aromatic carbocycles. The van der Waals surface area contributed by atoms with Crippen molar-refractivity contribution in [2.24, 2.45) is 5.41 Å². The van der Waals surface area contributed by atoms with Crippen molar-refractivity contribution >= 4 is 5.97 Å². The fourth-order valence-electron chi connectivity index (χ4n) is 1.89. The second kappa shape index (κ2) is 6.50. The summed E-state index contributed by atoms with van der Waals surface area (Å²) < 4.78 is 16.1. The maximum atomic E-state index is 11.3. The quantitative estimate of drug-likeness (QED) is 0.833. The third kappa shape index (κ3) is 3.56. The first-order valence-corrected chi connectivity index (χ1v) is 6.46. The van der Waals surface area contributed by atoms with E-state index in [1.807, 2.05) is 6.92 Å². The van der Waals surface area contributed by atoms with Crippen LogP contribution in [0.4, 0.5) is 0 Å². The van der Waals surface area contributed by atoms with Crippen LogP contribution in [0.1, 0.15) is 26.3 Å². The molecule has 0 unspecified atom stereocenters. The SMILES string of the molecule is CCOc1cc(CC(C)(C)C(=O)O)c(OC)cc1OC. The van der Waals surface area contributed by atoms with Gasteiger partial charge in [-0.2, -0.15) is 0 Å². The molecule has 0 spiro atoms. The number of carboxylic acids is 1. The minimum atomic E-state index is -0.884. The molecule has 0 heterocycles. The monoisotopic (exact) mass is 282 g/mol. The Kier molecular flexibility index (Phi) is 5.25. The van der Waals surface area contributed by atoms with Crippen molar-refractivity contribution in [2.45, 2.75) is 27.2 Å². The molecule has 1 N–H and O–H groups in total. The summed E-state index contributed by atoms with van der Waals surface area (Å²) in [7, 11) is 3.10. The van der Waals surface area contributed by atoms with Gasteiger partial charge in [-0.3, -0.25) is 4.79 Å². The molecule has 0 radical (unpaired) electrons. The minimum Gasteiger partial charge on any atom is -0.496 e. The molecule has 0 aliphatic heterocycles. The Bertz CT molecular complexity index is 479. The molecule has 1 aromatic rings. The number of ether oxygens (including phenoxy) is 3. The largest absolute Gasteiger partial charge is 0.496 e. The van der Waals surface area contributed by atoms with Gasteiger partial charge in [-0.1, -0.05) is 0 Å². The van der Waals surface area contributed by atoms with Gasteiger partial charge >= 0.3 is 5.97 Å². The second-order valence-electron chi connectivity index (χ2n) is 5.11. The molecule has 0 amide bonds. The average molecular weight is 282 g/mol. The van der Waals surface area contributed by atoms with Crippen LogP contribution in [-0.4, -0.2) is 31.9 Å². The third-order valence-electron chi connectivity index (χ3n) is 3.08. The highest BCUT2D eigenvalue weighted by Crippen LogP contribution is 2.37. The molecule has 5 heteroatoms. The van der Waals surface area contributed by atoms with E-state index >= 15 is 0 Å². The zero-order chi connectivity index (χ0) is 15.3. The second-order valence-corrected chi connectivity index (χ2v) is 5.11. The van der Waals surface area contributed by atoms with Crippen LogP contribution in [0.25, 0.3) is 0 Å². The maximum Gasteiger partial charge on any atom is 0.309 e. The Labute approximate surface area is 119 Å². The Morgan fingerprint density at radius 3 is 2.20 bits per heavy atom. The molecule has 0 atom stereocenters. The van der Waals surface area contributed by atoms with Crippen molar-refractivity contribution in [3.8, 4) is 17.2 Å². The van der Waals surface area contributed by atoms with E-state index in [0.717, 1.165) is 5.56 Å². The van der Waals surface area contributed by atoms with Crippen LogP contribution >= 0.6 is 0 Å². The van der Waals surface area contributed by atoms with Gasteiger partial charge in [0.1, 0.15) is 5.75 Å². The van der Waals surface area contributed by atoms with Gasteiger partial charge in [-0.25, -0.2) is 0 Å². The number of rotatable bonds is 7. The van der Waals surface area contributed by atoms with Gasteiger partial charge in [-0.05, 0) is 38.8 Å². The molecule has 0 saturated heterocycles. The first-order chi connectivity index (χ1) is 9.35. The molecule has 0 aromatic heterocycles. The van der Waals surface area contributed by atoms with E-state index in [4.69, 9.17) is 14.2 Å². The van der Waals surface area contributed by atoms with Gasteiger partial charge in [0.2, 0.25) is 0 Å². The Morgan fingerprint density at radius 1 is 1.15 bits per heavy atom. The fraction of sp³-hybridized carbons (Fsp3) is 0.533.